The maximum absolute atomic E-state index is 13.0. The number of benzene rings is 1. The van der Waals surface area contributed by atoms with Crippen molar-refractivity contribution in [3.8, 4) is 0 Å². The topological polar surface area (TPSA) is 18.5 Å². The van der Waals surface area contributed by atoms with Gasteiger partial charge in [0.25, 0.3) is 0 Å². The Kier molecular flexibility index (Phi) is 5.48. The Morgan fingerprint density at radius 2 is 1.64 bits per heavy atom. The van der Waals surface area contributed by atoms with E-state index < -0.39 is 0 Å². The lowest BCUT2D eigenvalue weighted by molar-refractivity contribution is -0.229. The monoisotopic (exact) mass is 306 g/mol. The molecular weight excluding hydrogens is 279 g/mol. The molecule has 3 rings (SSSR count). The lowest BCUT2D eigenvalue weighted by Gasteiger charge is -2.37. The lowest BCUT2D eigenvalue weighted by Crippen LogP contribution is -2.38. The first-order chi connectivity index (χ1) is 10.8. The van der Waals surface area contributed by atoms with Crippen molar-refractivity contribution < 1.29 is 13.9 Å². The van der Waals surface area contributed by atoms with Crippen molar-refractivity contribution in [1.29, 1.82) is 0 Å². The van der Waals surface area contributed by atoms with E-state index >= 15 is 0 Å². The Labute approximate surface area is 133 Å². The lowest BCUT2D eigenvalue weighted by atomic mass is 9.78. The van der Waals surface area contributed by atoms with Crippen LogP contribution in [0.25, 0.3) is 0 Å². The summed E-state index contributed by atoms with van der Waals surface area (Å²) in [6.07, 6.45) is 6.99. The van der Waals surface area contributed by atoms with Crippen molar-refractivity contribution in [3.05, 3.63) is 35.6 Å². The van der Waals surface area contributed by atoms with Crippen LogP contribution in [0.15, 0.2) is 24.3 Å². The standard InChI is InChI=1S/C19H27FO2/c1-2-3-14-12-21-19(22-13-14)17-6-4-15(5-7-17)16-8-10-18(20)11-9-16/h8-11,14-15,17,19H,2-7,12-13H2,1H3/t14?,15-,17-,19?. The summed E-state index contributed by atoms with van der Waals surface area (Å²) in [5.74, 6) is 1.52. The molecule has 2 nitrogen and oxygen atoms in total. The minimum absolute atomic E-state index is 0.00211. The summed E-state index contributed by atoms with van der Waals surface area (Å²) in [5, 5.41) is 0. The van der Waals surface area contributed by atoms with Gasteiger partial charge in [-0.2, -0.15) is 0 Å². The van der Waals surface area contributed by atoms with Crippen LogP contribution in [0.5, 0.6) is 0 Å². The quantitative estimate of drug-likeness (QED) is 0.788. The fourth-order valence-electron chi connectivity index (χ4n) is 3.86. The minimum atomic E-state index is -0.150. The van der Waals surface area contributed by atoms with Gasteiger partial charge >= 0.3 is 0 Å². The summed E-state index contributed by atoms with van der Waals surface area (Å²) in [6.45, 7) is 3.93. The second-order valence-electron chi connectivity index (χ2n) is 6.85. The molecule has 0 unspecified atom stereocenters. The fourth-order valence-corrected chi connectivity index (χ4v) is 3.86. The smallest absolute Gasteiger partial charge is 0.160 e. The molecule has 1 aromatic carbocycles. The van der Waals surface area contributed by atoms with E-state index in [-0.39, 0.29) is 12.1 Å². The molecule has 1 heterocycles. The molecule has 3 heteroatoms. The van der Waals surface area contributed by atoms with E-state index in [2.05, 4.69) is 6.92 Å². The Morgan fingerprint density at radius 3 is 2.23 bits per heavy atom. The molecule has 1 saturated heterocycles. The highest BCUT2D eigenvalue weighted by molar-refractivity contribution is 5.20. The van der Waals surface area contributed by atoms with Crippen LogP contribution in [0.4, 0.5) is 4.39 Å². The molecule has 1 aromatic rings. The zero-order valence-electron chi connectivity index (χ0n) is 13.5. The molecule has 0 atom stereocenters. The van der Waals surface area contributed by atoms with E-state index in [1.165, 1.54) is 18.4 Å². The maximum atomic E-state index is 13.0. The zero-order valence-corrected chi connectivity index (χ0v) is 13.5. The van der Waals surface area contributed by atoms with Crippen molar-refractivity contribution in [2.24, 2.45) is 11.8 Å². The summed E-state index contributed by atoms with van der Waals surface area (Å²) in [4.78, 5) is 0. The van der Waals surface area contributed by atoms with Gasteiger partial charge in [-0.05, 0) is 55.7 Å². The third kappa shape index (κ3) is 3.88. The molecule has 22 heavy (non-hydrogen) atoms. The Balaban J connectivity index is 1.47. The molecule has 0 aromatic heterocycles. The summed E-state index contributed by atoms with van der Waals surface area (Å²) >= 11 is 0. The average molecular weight is 306 g/mol. The molecule has 0 spiro atoms. The Morgan fingerprint density at radius 1 is 1.00 bits per heavy atom. The minimum Gasteiger partial charge on any atom is -0.352 e. The number of ether oxygens (including phenoxy) is 2. The maximum Gasteiger partial charge on any atom is 0.160 e. The average Bonchev–Trinajstić information content (AvgIpc) is 2.57. The van der Waals surface area contributed by atoms with E-state index in [4.69, 9.17) is 9.47 Å². The van der Waals surface area contributed by atoms with Crippen molar-refractivity contribution in [2.45, 2.75) is 57.7 Å². The third-order valence-corrected chi connectivity index (χ3v) is 5.19. The largest absolute Gasteiger partial charge is 0.352 e. The van der Waals surface area contributed by atoms with Gasteiger partial charge in [-0.3, -0.25) is 0 Å². The van der Waals surface area contributed by atoms with Gasteiger partial charge in [-0.1, -0.05) is 25.5 Å². The third-order valence-electron chi connectivity index (χ3n) is 5.19. The number of halogens is 1. The first-order valence-corrected chi connectivity index (χ1v) is 8.75. The summed E-state index contributed by atoms with van der Waals surface area (Å²) in [7, 11) is 0. The van der Waals surface area contributed by atoms with Crippen LogP contribution in [0.2, 0.25) is 0 Å². The van der Waals surface area contributed by atoms with E-state index in [1.807, 2.05) is 12.1 Å². The number of hydrogen-bond donors (Lipinski definition) is 0. The molecule has 122 valence electrons. The van der Waals surface area contributed by atoms with Gasteiger partial charge in [0.05, 0.1) is 13.2 Å². The summed E-state index contributed by atoms with van der Waals surface area (Å²) in [6, 6.07) is 7.01. The Bertz CT molecular complexity index is 443. The highest BCUT2D eigenvalue weighted by Gasteiger charge is 2.32. The van der Waals surface area contributed by atoms with Gasteiger partial charge in [-0.15, -0.1) is 0 Å². The highest BCUT2D eigenvalue weighted by atomic mass is 19.1. The molecule has 1 saturated carbocycles. The van der Waals surface area contributed by atoms with Gasteiger partial charge in [0.2, 0.25) is 0 Å². The normalized spacial score (nSPS) is 32.8. The number of rotatable bonds is 4. The van der Waals surface area contributed by atoms with Crippen LogP contribution in [-0.4, -0.2) is 19.5 Å². The van der Waals surface area contributed by atoms with E-state index in [0.29, 0.717) is 17.8 Å². The molecule has 0 bridgehead atoms. The first-order valence-electron chi connectivity index (χ1n) is 8.75. The molecule has 0 amide bonds. The molecule has 2 fully saturated rings. The van der Waals surface area contributed by atoms with E-state index in [9.17, 15) is 4.39 Å². The molecule has 1 aliphatic carbocycles. The Hall–Kier alpha value is -0.930. The molecular formula is C19H27FO2. The van der Waals surface area contributed by atoms with Gasteiger partial charge < -0.3 is 9.47 Å². The first kappa shape index (κ1) is 15.9. The SMILES string of the molecule is CCCC1COC([C@H]2CC[C@H](c3ccc(F)cc3)CC2)OC1. The van der Waals surface area contributed by atoms with Crippen molar-refractivity contribution in [2.75, 3.05) is 13.2 Å². The second-order valence-corrected chi connectivity index (χ2v) is 6.85. The van der Waals surface area contributed by atoms with Crippen LogP contribution in [0, 0.1) is 17.7 Å². The van der Waals surface area contributed by atoms with Gasteiger partial charge in [0, 0.05) is 11.8 Å². The van der Waals surface area contributed by atoms with Crippen LogP contribution in [-0.2, 0) is 9.47 Å². The van der Waals surface area contributed by atoms with Crippen molar-refractivity contribution >= 4 is 0 Å². The van der Waals surface area contributed by atoms with Crippen LogP contribution in [0.3, 0.4) is 0 Å². The number of hydrogen-bond acceptors (Lipinski definition) is 2. The molecule has 1 aliphatic heterocycles. The van der Waals surface area contributed by atoms with Gasteiger partial charge in [0.15, 0.2) is 6.29 Å². The van der Waals surface area contributed by atoms with Crippen LogP contribution in [0.1, 0.15) is 56.9 Å². The molecule has 0 N–H and O–H groups in total. The second kappa shape index (κ2) is 7.56. The molecule has 2 aliphatic rings. The van der Waals surface area contributed by atoms with Gasteiger partial charge in [-0.25, -0.2) is 4.39 Å². The fraction of sp³-hybridized carbons (Fsp3) is 0.684. The predicted molar refractivity (Wildman–Crippen MR) is 85.2 cm³/mol. The summed E-state index contributed by atoms with van der Waals surface area (Å²) in [5.41, 5.74) is 1.27. The predicted octanol–water partition coefficient (Wildman–Crippen LogP) is 4.89. The van der Waals surface area contributed by atoms with E-state index in [0.717, 1.165) is 38.9 Å². The highest BCUT2D eigenvalue weighted by Crippen LogP contribution is 2.39. The van der Waals surface area contributed by atoms with Crippen LogP contribution >= 0.6 is 0 Å². The summed E-state index contributed by atoms with van der Waals surface area (Å²) < 4.78 is 24.9. The van der Waals surface area contributed by atoms with Crippen molar-refractivity contribution in [1.82, 2.24) is 0 Å². The zero-order chi connectivity index (χ0) is 15.4. The molecule has 0 radical (unpaired) electrons. The van der Waals surface area contributed by atoms with E-state index in [1.54, 1.807) is 12.1 Å². The van der Waals surface area contributed by atoms with Crippen molar-refractivity contribution in [3.63, 3.8) is 0 Å². The van der Waals surface area contributed by atoms with Crippen LogP contribution < -0.4 is 0 Å². The van der Waals surface area contributed by atoms with Gasteiger partial charge in [0.1, 0.15) is 5.82 Å².